The van der Waals surface area contributed by atoms with E-state index in [0.29, 0.717) is 23.9 Å². The summed E-state index contributed by atoms with van der Waals surface area (Å²) in [6.07, 6.45) is 5.36. The molecule has 1 aromatic carbocycles. The van der Waals surface area contributed by atoms with Crippen LogP contribution < -0.4 is 10.6 Å². The zero-order chi connectivity index (χ0) is 21.1. The predicted octanol–water partition coefficient (Wildman–Crippen LogP) is 2.21. The highest BCUT2D eigenvalue weighted by Crippen LogP contribution is 2.28. The second kappa shape index (κ2) is 9.02. The number of aromatic hydroxyl groups is 1. The number of hydrogen-bond acceptors (Lipinski definition) is 6. The summed E-state index contributed by atoms with van der Waals surface area (Å²) in [5, 5.41) is 26.5. The van der Waals surface area contributed by atoms with E-state index in [-0.39, 0.29) is 12.5 Å². The molecule has 0 radical (unpaired) electrons. The highest BCUT2D eigenvalue weighted by Gasteiger charge is 2.22. The molecule has 1 atom stereocenters. The van der Waals surface area contributed by atoms with Crippen molar-refractivity contribution in [2.45, 2.75) is 51.3 Å². The Labute approximate surface area is 177 Å². The highest BCUT2D eigenvalue weighted by molar-refractivity contribution is 5.94. The summed E-state index contributed by atoms with van der Waals surface area (Å²) in [5.41, 5.74) is 3.89. The van der Waals surface area contributed by atoms with E-state index in [1.165, 1.54) is 17.5 Å². The van der Waals surface area contributed by atoms with E-state index in [4.69, 9.17) is 0 Å². The van der Waals surface area contributed by atoms with Crippen molar-refractivity contribution in [3.63, 3.8) is 0 Å². The molecule has 0 spiro atoms. The molecule has 2 aromatic rings. The number of nitrogens with zero attached hydrogens (tertiary/aromatic N) is 2. The normalized spacial score (nSPS) is 17.7. The predicted molar refractivity (Wildman–Crippen MR) is 116 cm³/mol. The first-order valence-corrected chi connectivity index (χ1v) is 10.7. The molecule has 1 unspecified atom stereocenters. The number of carbonyl (C=O) groups excluding carboxylic acids is 1. The van der Waals surface area contributed by atoms with E-state index in [1.807, 2.05) is 13.0 Å². The van der Waals surface area contributed by atoms with Gasteiger partial charge in [0.1, 0.15) is 11.6 Å². The Kier molecular flexibility index (Phi) is 6.20. The fourth-order valence-electron chi connectivity index (χ4n) is 4.13. The van der Waals surface area contributed by atoms with Gasteiger partial charge in [-0.05, 0) is 67.5 Å². The molecule has 1 fully saturated rings. The lowest BCUT2D eigenvalue weighted by molar-refractivity contribution is 0.0841. The van der Waals surface area contributed by atoms with E-state index in [0.717, 1.165) is 43.7 Å². The molecule has 0 bridgehead atoms. The lowest BCUT2D eigenvalue weighted by Gasteiger charge is -2.31. The van der Waals surface area contributed by atoms with Gasteiger partial charge in [-0.25, -0.2) is 4.98 Å². The number of β-amino-alcohol motifs (C(OH)–C–C–N with tert-alkyl or cyclic N) is 1. The minimum absolute atomic E-state index is 0.199. The van der Waals surface area contributed by atoms with Crippen LogP contribution in [0, 0.1) is 6.92 Å². The second-order valence-electron chi connectivity index (χ2n) is 8.40. The maximum absolute atomic E-state index is 12.5. The number of fused-ring (bicyclic) bond motifs is 1. The summed E-state index contributed by atoms with van der Waals surface area (Å²) in [6.45, 7) is 4.19. The van der Waals surface area contributed by atoms with E-state index >= 15 is 0 Å². The van der Waals surface area contributed by atoms with Crippen LogP contribution in [0.1, 0.15) is 46.3 Å². The van der Waals surface area contributed by atoms with Gasteiger partial charge in [-0.2, -0.15) is 0 Å². The molecular formula is C23H30N4O3. The van der Waals surface area contributed by atoms with Crippen LogP contribution in [0.5, 0.6) is 5.75 Å². The van der Waals surface area contributed by atoms with E-state index in [9.17, 15) is 15.0 Å². The Morgan fingerprint density at radius 3 is 2.93 bits per heavy atom. The Morgan fingerprint density at radius 2 is 2.17 bits per heavy atom. The lowest BCUT2D eigenvalue weighted by Crippen LogP contribution is -2.42. The molecule has 1 amide bonds. The zero-order valence-corrected chi connectivity index (χ0v) is 17.4. The van der Waals surface area contributed by atoms with Crippen LogP contribution in [0.2, 0.25) is 0 Å². The Hall–Kier alpha value is -2.64. The van der Waals surface area contributed by atoms with Gasteiger partial charge in [0, 0.05) is 44.0 Å². The molecule has 7 heteroatoms. The number of phenols is 1. The van der Waals surface area contributed by atoms with Crippen LogP contribution in [0.3, 0.4) is 0 Å². The van der Waals surface area contributed by atoms with Gasteiger partial charge in [-0.3, -0.25) is 9.69 Å². The summed E-state index contributed by atoms with van der Waals surface area (Å²) >= 11 is 0. The number of anilines is 1. The molecule has 0 saturated heterocycles. The molecule has 1 aliphatic heterocycles. The number of carbonyl (C=O) groups is 1. The Balaban J connectivity index is 1.26. The van der Waals surface area contributed by atoms with E-state index in [1.54, 1.807) is 24.4 Å². The number of amides is 1. The molecule has 4 rings (SSSR count). The first-order chi connectivity index (χ1) is 14.5. The van der Waals surface area contributed by atoms with Gasteiger partial charge >= 0.3 is 0 Å². The number of aliphatic hydroxyl groups is 1. The molecule has 1 saturated carbocycles. The topological polar surface area (TPSA) is 97.7 Å². The van der Waals surface area contributed by atoms with Gasteiger partial charge < -0.3 is 20.8 Å². The SMILES string of the molecule is Cc1c(O)ccc2c1CCN(CC(O)CNC(=O)c1ccnc(NC3CCC3)c1)C2. The number of hydrogen-bond donors (Lipinski definition) is 4. The second-order valence-corrected chi connectivity index (χ2v) is 8.40. The first kappa shape index (κ1) is 20.6. The van der Waals surface area contributed by atoms with Crippen molar-refractivity contribution in [3.8, 4) is 5.75 Å². The zero-order valence-electron chi connectivity index (χ0n) is 17.4. The quantitative estimate of drug-likeness (QED) is 0.559. The van der Waals surface area contributed by atoms with Gasteiger partial charge in [0.05, 0.1) is 6.10 Å². The monoisotopic (exact) mass is 410 g/mol. The van der Waals surface area contributed by atoms with Gasteiger partial charge in [-0.15, -0.1) is 0 Å². The largest absolute Gasteiger partial charge is 0.508 e. The maximum atomic E-state index is 12.5. The van der Waals surface area contributed by atoms with Gasteiger partial charge in [0.15, 0.2) is 0 Å². The van der Waals surface area contributed by atoms with Crippen molar-refractivity contribution < 1.29 is 15.0 Å². The lowest BCUT2D eigenvalue weighted by atomic mass is 9.93. The van der Waals surface area contributed by atoms with Crippen molar-refractivity contribution >= 4 is 11.7 Å². The summed E-state index contributed by atoms with van der Waals surface area (Å²) in [7, 11) is 0. The number of aromatic nitrogens is 1. The molecule has 2 heterocycles. The van der Waals surface area contributed by atoms with Crippen LogP contribution >= 0.6 is 0 Å². The number of aliphatic hydroxyl groups excluding tert-OH is 1. The van der Waals surface area contributed by atoms with Crippen LogP contribution in [-0.2, 0) is 13.0 Å². The molecule has 1 aliphatic carbocycles. The molecular weight excluding hydrogens is 380 g/mol. The van der Waals surface area contributed by atoms with Crippen LogP contribution in [0.15, 0.2) is 30.5 Å². The Morgan fingerprint density at radius 1 is 1.33 bits per heavy atom. The molecule has 4 N–H and O–H groups in total. The molecule has 160 valence electrons. The minimum atomic E-state index is -0.650. The smallest absolute Gasteiger partial charge is 0.251 e. The summed E-state index contributed by atoms with van der Waals surface area (Å²) in [6, 6.07) is 7.60. The standard InChI is InChI=1S/C23H30N4O3/c1-15-20-8-10-27(13-17(20)5-6-21(15)29)14-19(28)12-25-23(30)16-7-9-24-22(11-16)26-18-3-2-4-18/h5-7,9,11,18-19,28-29H,2-4,8,10,12-14H2,1H3,(H,24,26)(H,25,30). The van der Waals surface area contributed by atoms with Crippen LogP contribution in [-0.4, -0.2) is 57.8 Å². The average Bonchev–Trinajstić information content (AvgIpc) is 2.72. The number of pyridine rings is 1. The average molecular weight is 411 g/mol. The highest BCUT2D eigenvalue weighted by atomic mass is 16.3. The van der Waals surface area contributed by atoms with Gasteiger partial charge in [0.2, 0.25) is 0 Å². The van der Waals surface area contributed by atoms with Gasteiger partial charge in [-0.1, -0.05) is 6.07 Å². The molecule has 2 aliphatic rings. The number of nitrogens with one attached hydrogen (secondary N) is 2. The third-order valence-electron chi connectivity index (χ3n) is 6.19. The van der Waals surface area contributed by atoms with Crippen molar-refractivity contribution in [1.29, 1.82) is 0 Å². The molecule has 30 heavy (non-hydrogen) atoms. The summed E-state index contributed by atoms with van der Waals surface area (Å²) in [4.78, 5) is 18.9. The first-order valence-electron chi connectivity index (χ1n) is 10.7. The molecule has 7 nitrogen and oxygen atoms in total. The maximum Gasteiger partial charge on any atom is 0.251 e. The van der Waals surface area contributed by atoms with Crippen LogP contribution in [0.25, 0.3) is 0 Å². The van der Waals surface area contributed by atoms with E-state index < -0.39 is 6.10 Å². The number of phenolic OH excluding ortho intramolecular Hbond substituents is 1. The minimum Gasteiger partial charge on any atom is -0.508 e. The molecule has 1 aromatic heterocycles. The van der Waals surface area contributed by atoms with Crippen molar-refractivity contribution in [2.75, 3.05) is 25.0 Å². The number of rotatable bonds is 7. The van der Waals surface area contributed by atoms with Crippen molar-refractivity contribution in [3.05, 3.63) is 52.7 Å². The summed E-state index contributed by atoms with van der Waals surface area (Å²) in [5.74, 6) is 0.858. The fourth-order valence-corrected chi connectivity index (χ4v) is 4.13. The van der Waals surface area contributed by atoms with E-state index in [2.05, 4.69) is 20.5 Å². The Bertz CT molecular complexity index is 913. The van der Waals surface area contributed by atoms with Crippen molar-refractivity contribution in [2.24, 2.45) is 0 Å². The fraction of sp³-hybridized carbons (Fsp3) is 0.478. The third-order valence-corrected chi connectivity index (χ3v) is 6.19. The van der Waals surface area contributed by atoms with Crippen molar-refractivity contribution in [1.82, 2.24) is 15.2 Å². The summed E-state index contributed by atoms with van der Waals surface area (Å²) < 4.78 is 0. The van der Waals surface area contributed by atoms with Gasteiger partial charge in [0.25, 0.3) is 5.91 Å². The van der Waals surface area contributed by atoms with Crippen LogP contribution in [0.4, 0.5) is 5.82 Å². The third kappa shape index (κ3) is 4.74. The number of benzene rings is 1.